The van der Waals surface area contributed by atoms with Crippen LogP contribution in [0.15, 0.2) is 46.9 Å². The van der Waals surface area contributed by atoms with Gasteiger partial charge in [0.25, 0.3) is 0 Å². The molecule has 142 valence electrons. The lowest BCUT2D eigenvalue weighted by Gasteiger charge is -2.10. The van der Waals surface area contributed by atoms with Crippen LogP contribution in [0.2, 0.25) is 0 Å². The Kier molecular flexibility index (Phi) is 7.00. The predicted molar refractivity (Wildman–Crippen MR) is 111 cm³/mol. The summed E-state index contributed by atoms with van der Waals surface area (Å²) < 4.78 is 12.1. The summed E-state index contributed by atoms with van der Waals surface area (Å²) in [5, 5.41) is 5.60. The fraction of sp³-hybridized carbons (Fsp3) is 0.263. The molecule has 2 amide bonds. The van der Waals surface area contributed by atoms with Crippen LogP contribution in [0.4, 0.5) is 11.4 Å². The second-order valence-electron chi connectivity index (χ2n) is 5.81. The zero-order valence-corrected chi connectivity index (χ0v) is 16.9. The second-order valence-corrected chi connectivity index (χ2v) is 7.71. The number of halogens is 1. The van der Waals surface area contributed by atoms with Crippen LogP contribution in [-0.4, -0.2) is 36.5 Å². The average molecular weight is 451 g/mol. The first kappa shape index (κ1) is 19.6. The Labute approximate surface area is 170 Å². The van der Waals surface area contributed by atoms with Crippen molar-refractivity contribution in [1.29, 1.82) is 0 Å². The number of nitrogens with one attached hydrogen (secondary N) is 2. The van der Waals surface area contributed by atoms with Gasteiger partial charge < -0.3 is 20.1 Å². The van der Waals surface area contributed by atoms with Crippen LogP contribution in [-0.2, 0) is 9.59 Å². The van der Waals surface area contributed by atoms with E-state index >= 15 is 0 Å². The van der Waals surface area contributed by atoms with Gasteiger partial charge in [-0.15, -0.1) is 11.8 Å². The largest absolute Gasteiger partial charge is 0.490 e. The first-order chi connectivity index (χ1) is 13.1. The van der Waals surface area contributed by atoms with Crippen LogP contribution >= 0.6 is 27.7 Å². The van der Waals surface area contributed by atoms with E-state index < -0.39 is 0 Å². The van der Waals surface area contributed by atoms with E-state index in [-0.39, 0.29) is 23.3 Å². The number of hydrogen-bond donors (Lipinski definition) is 2. The highest BCUT2D eigenvalue weighted by Crippen LogP contribution is 2.32. The molecule has 8 heteroatoms. The Bertz CT molecular complexity index is 831. The Balaban J connectivity index is 1.43. The third kappa shape index (κ3) is 6.18. The van der Waals surface area contributed by atoms with Crippen LogP contribution in [0, 0.1) is 0 Å². The summed E-state index contributed by atoms with van der Waals surface area (Å²) >= 11 is 4.61. The molecule has 6 nitrogen and oxygen atoms in total. The number of hydrogen-bond acceptors (Lipinski definition) is 5. The lowest BCUT2D eigenvalue weighted by atomic mass is 10.2. The molecule has 27 heavy (non-hydrogen) atoms. The van der Waals surface area contributed by atoms with Crippen molar-refractivity contribution < 1.29 is 19.1 Å². The van der Waals surface area contributed by atoms with E-state index in [0.29, 0.717) is 36.1 Å². The van der Waals surface area contributed by atoms with Crippen LogP contribution < -0.4 is 20.1 Å². The second kappa shape index (κ2) is 9.66. The highest BCUT2D eigenvalue weighted by Gasteiger charge is 2.12. The van der Waals surface area contributed by atoms with Gasteiger partial charge in [0.1, 0.15) is 0 Å². The van der Waals surface area contributed by atoms with Crippen molar-refractivity contribution in [2.45, 2.75) is 6.42 Å². The quantitative estimate of drug-likeness (QED) is 0.697. The number of anilines is 2. The molecule has 1 aliphatic heterocycles. The Hall–Kier alpha value is -2.19. The molecule has 0 aliphatic carbocycles. The van der Waals surface area contributed by atoms with Gasteiger partial charge in [-0.25, -0.2) is 0 Å². The predicted octanol–water partition coefficient (Wildman–Crippen LogP) is 3.92. The molecular formula is C19H19BrN2O4S. The molecule has 0 radical (unpaired) electrons. The monoisotopic (exact) mass is 450 g/mol. The maximum absolute atomic E-state index is 12.1. The van der Waals surface area contributed by atoms with Crippen LogP contribution in [0.25, 0.3) is 0 Å². The van der Waals surface area contributed by atoms with Gasteiger partial charge in [-0.3, -0.25) is 9.59 Å². The maximum Gasteiger partial charge on any atom is 0.234 e. The summed E-state index contributed by atoms with van der Waals surface area (Å²) in [7, 11) is 0. The van der Waals surface area contributed by atoms with Crippen LogP contribution in [0.5, 0.6) is 11.5 Å². The average Bonchev–Trinajstić information content (AvgIpc) is 2.86. The Morgan fingerprint density at radius 3 is 2.30 bits per heavy atom. The van der Waals surface area contributed by atoms with Gasteiger partial charge in [0.15, 0.2) is 11.5 Å². The van der Waals surface area contributed by atoms with Crippen LogP contribution in [0.3, 0.4) is 0 Å². The van der Waals surface area contributed by atoms with E-state index in [1.165, 1.54) is 11.8 Å². The smallest absolute Gasteiger partial charge is 0.234 e. The van der Waals surface area contributed by atoms with Gasteiger partial charge >= 0.3 is 0 Å². The number of amides is 2. The van der Waals surface area contributed by atoms with Crippen molar-refractivity contribution in [1.82, 2.24) is 0 Å². The fourth-order valence-electron chi connectivity index (χ4n) is 2.44. The van der Waals surface area contributed by atoms with E-state index in [1.54, 1.807) is 18.2 Å². The highest BCUT2D eigenvalue weighted by molar-refractivity contribution is 9.10. The molecule has 0 spiro atoms. The van der Waals surface area contributed by atoms with Crippen molar-refractivity contribution in [3.05, 3.63) is 46.9 Å². The molecule has 2 N–H and O–H groups in total. The van der Waals surface area contributed by atoms with E-state index in [4.69, 9.17) is 9.47 Å². The maximum atomic E-state index is 12.1. The zero-order chi connectivity index (χ0) is 19.1. The van der Waals surface area contributed by atoms with Gasteiger partial charge in [0, 0.05) is 28.3 Å². The number of benzene rings is 2. The van der Waals surface area contributed by atoms with E-state index in [1.807, 2.05) is 24.3 Å². The van der Waals surface area contributed by atoms with E-state index in [2.05, 4.69) is 26.6 Å². The van der Waals surface area contributed by atoms with E-state index in [0.717, 1.165) is 10.9 Å². The highest BCUT2D eigenvalue weighted by atomic mass is 79.9. The number of rotatable bonds is 6. The Morgan fingerprint density at radius 2 is 1.59 bits per heavy atom. The normalized spacial score (nSPS) is 12.8. The van der Waals surface area contributed by atoms with Gasteiger partial charge in [0.05, 0.1) is 24.7 Å². The topological polar surface area (TPSA) is 76.7 Å². The van der Waals surface area contributed by atoms with Gasteiger partial charge in [-0.1, -0.05) is 22.0 Å². The fourth-order valence-corrected chi connectivity index (χ4v) is 3.45. The SMILES string of the molecule is O=C(CSCC(=O)Nc1ccc2c(c1)OCCCO2)Nc1cccc(Br)c1. The summed E-state index contributed by atoms with van der Waals surface area (Å²) in [5.74, 6) is 1.36. The summed E-state index contributed by atoms with van der Waals surface area (Å²) in [5.41, 5.74) is 1.36. The standard InChI is InChI=1S/C19H19BrN2O4S/c20-13-3-1-4-14(9-13)21-18(23)11-27-12-19(24)22-15-5-6-16-17(10-15)26-8-2-7-25-16/h1,3-6,9-10H,2,7-8,11-12H2,(H,21,23)(H,22,24). The molecule has 0 aromatic heterocycles. The minimum absolute atomic E-state index is 0.151. The molecule has 0 fully saturated rings. The van der Waals surface area contributed by atoms with Crippen molar-refractivity contribution in [2.75, 3.05) is 35.4 Å². The molecular weight excluding hydrogens is 432 g/mol. The first-order valence-electron chi connectivity index (χ1n) is 8.43. The van der Waals surface area contributed by atoms with Gasteiger partial charge in [-0.05, 0) is 30.3 Å². The molecule has 0 atom stereocenters. The number of fused-ring (bicyclic) bond motifs is 1. The number of ether oxygens (including phenoxy) is 2. The van der Waals surface area contributed by atoms with Crippen molar-refractivity contribution >= 4 is 50.9 Å². The lowest BCUT2D eigenvalue weighted by Crippen LogP contribution is -2.18. The molecule has 0 saturated carbocycles. The molecule has 0 bridgehead atoms. The van der Waals surface area contributed by atoms with E-state index in [9.17, 15) is 9.59 Å². The van der Waals surface area contributed by atoms with Crippen LogP contribution in [0.1, 0.15) is 6.42 Å². The molecule has 1 aliphatic rings. The minimum atomic E-state index is -0.176. The van der Waals surface area contributed by atoms with Crippen molar-refractivity contribution in [2.24, 2.45) is 0 Å². The summed E-state index contributed by atoms with van der Waals surface area (Å²) in [6, 6.07) is 12.7. The molecule has 3 rings (SSSR count). The molecule has 2 aromatic carbocycles. The first-order valence-corrected chi connectivity index (χ1v) is 10.4. The lowest BCUT2D eigenvalue weighted by molar-refractivity contribution is -0.114. The third-order valence-corrected chi connectivity index (χ3v) is 5.03. The zero-order valence-electron chi connectivity index (χ0n) is 14.5. The number of carbonyl (C=O) groups excluding carboxylic acids is 2. The molecule has 1 heterocycles. The van der Waals surface area contributed by atoms with Crippen molar-refractivity contribution in [3.63, 3.8) is 0 Å². The molecule has 0 saturated heterocycles. The summed E-state index contributed by atoms with van der Waals surface area (Å²) in [6.45, 7) is 1.21. The summed E-state index contributed by atoms with van der Waals surface area (Å²) in [6.07, 6.45) is 0.828. The van der Waals surface area contributed by atoms with Crippen molar-refractivity contribution in [3.8, 4) is 11.5 Å². The molecule has 0 unspecified atom stereocenters. The third-order valence-electron chi connectivity index (χ3n) is 3.61. The number of thioether (sulfide) groups is 1. The summed E-state index contributed by atoms with van der Waals surface area (Å²) in [4.78, 5) is 24.0. The minimum Gasteiger partial charge on any atom is -0.490 e. The van der Waals surface area contributed by atoms with Gasteiger partial charge in [0.2, 0.25) is 11.8 Å². The molecule has 2 aromatic rings. The Morgan fingerprint density at radius 1 is 0.926 bits per heavy atom. The number of carbonyl (C=O) groups is 2. The van der Waals surface area contributed by atoms with Gasteiger partial charge in [-0.2, -0.15) is 0 Å².